The van der Waals surface area contributed by atoms with Crippen LogP contribution in [-0.4, -0.2) is 20.6 Å². The van der Waals surface area contributed by atoms with Crippen molar-refractivity contribution in [1.29, 1.82) is 0 Å². The molecule has 0 amide bonds. The molecule has 0 bridgehead atoms. The predicted octanol–water partition coefficient (Wildman–Crippen LogP) is 12.1. The summed E-state index contributed by atoms with van der Waals surface area (Å²) in [6, 6.07) is 49.9. The average molecular weight is 683 g/mol. The molecule has 11 rings (SSSR count). The van der Waals surface area contributed by atoms with Crippen LogP contribution in [0.4, 0.5) is 11.4 Å². The van der Waals surface area contributed by atoms with Crippen LogP contribution in [0.1, 0.15) is 24.2 Å². The fourth-order valence-electron chi connectivity index (χ4n) is 8.68. The van der Waals surface area contributed by atoms with Crippen LogP contribution < -0.4 is 4.90 Å². The lowest BCUT2D eigenvalue weighted by atomic mass is 9.91. The molecule has 2 atom stereocenters. The highest BCUT2D eigenvalue weighted by atomic mass is 16.3. The number of hydrogen-bond acceptors (Lipinski definition) is 4. The Morgan fingerprint density at radius 2 is 1.36 bits per heavy atom. The minimum absolute atomic E-state index is 0.167. The number of hydrogen-bond donors (Lipinski definition) is 0. The van der Waals surface area contributed by atoms with Crippen LogP contribution in [0.3, 0.4) is 0 Å². The Balaban J connectivity index is 1.14. The molecule has 6 aromatic carbocycles. The fourth-order valence-corrected chi connectivity index (χ4v) is 8.68. The average Bonchev–Trinajstić information content (AvgIpc) is 3.90. The van der Waals surface area contributed by atoms with Crippen molar-refractivity contribution in [2.45, 2.75) is 25.3 Å². The van der Waals surface area contributed by atoms with Crippen LogP contribution >= 0.6 is 0 Å². The summed E-state index contributed by atoms with van der Waals surface area (Å²) in [5, 5.41) is 3.30. The van der Waals surface area contributed by atoms with Gasteiger partial charge in [0.05, 0.1) is 22.6 Å². The molecule has 4 heterocycles. The Kier molecular flexibility index (Phi) is 6.59. The number of aryl methyl sites for hydroxylation is 1. The second-order valence-electron chi connectivity index (χ2n) is 14.0. The number of anilines is 2. The molecular weight excluding hydrogens is 649 g/mol. The molecule has 5 nitrogen and oxygen atoms in total. The van der Waals surface area contributed by atoms with Crippen molar-refractivity contribution in [2.75, 3.05) is 4.90 Å². The summed E-state index contributed by atoms with van der Waals surface area (Å²) in [7, 11) is 0. The van der Waals surface area contributed by atoms with Gasteiger partial charge in [-0.1, -0.05) is 110 Å². The molecule has 0 saturated carbocycles. The number of fused-ring (bicyclic) bond motifs is 9. The molecule has 53 heavy (non-hydrogen) atoms. The van der Waals surface area contributed by atoms with Gasteiger partial charge >= 0.3 is 0 Å². The van der Waals surface area contributed by atoms with Gasteiger partial charge in [0.1, 0.15) is 17.1 Å². The minimum atomic E-state index is 0.167. The summed E-state index contributed by atoms with van der Waals surface area (Å²) < 4.78 is 8.99. The molecule has 1 aliphatic carbocycles. The summed E-state index contributed by atoms with van der Waals surface area (Å²) in [4.78, 5) is 12.8. The molecule has 5 heteroatoms. The lowest BCUT2D eigenvalue weighted by Crippen LogP contribution is -2.28. The van der Waals surface area contributed by atoms with Gasteiger partial charge in [-0.15, -0.1) is 0 Å². The Labute approximate surface area is 306 Å². The Bertz CT molecular complexity index is 2960. The molecular formula is C48H34N4O. The van der Waals surface area contributed by atoms with E-state index in [-0.39, 0.29) is 12.0 Å². The van der Waals surface area contributed by atoms with Crippen molar-refractivity contribution in [3.05, 3.63) is 175 Å². The van der Waals surface area contributed by atoms with Gasteiger partial charge in [-0.2, -0.15) is 0 Å². The van der Waals surface area contributed by atoms with E-state index in [1.54, 1.807) is 0 Å². The summed E-state index contributed by atoms with van der Waals surface area (Å²) in [6.45, 7) is 2.16. The second kappa shape index (κ2) is 11.7. The van der Waals surface area contributed by atoms with Crippen LogP contribution in [0.25, 0.3) is 71.9 Å². The van der Waals surface area contributed by atoms with Gasteiger partial charge in [-0.3, -0.25) is 4.57 Å². The van der Waals surface area contributed by atoms with Crippen molar-refractivity contribution >= 4 is 55.2 Å². The predicted molar refractivity (Wildman–Crippen MR) is 217 cm³/mol. The first kappa shape index (κ1) is 30.0. The van der Waals surface area contributed by atoms with Crippen LogP contribution in [0.2, 0.25) is 0 Å². The number of allylic oxidation sites excluding steroid dienone is 2. The number of benzene rings is 6. The van der Waals surface area contributed by atoms with Crippen LogP contribution in [-0.2, 0) is 6.42 Å². The maximum atomic E-state index is 6.71. The smallest absolute Gasteiger partial charge is 0.162 e. The van der Waals surface area contributed by atoms with Gasteiger partial charge in [0.2, 0.25) is 0 Å². The van der Waals surface area contributed by atoms with Gasteiger partial charge in [-0.25, -0.2) is 9.97 Å². The van der Waals surface area contributed by atoms with Crippen LogP contribution in [0.15, 0.2) is 168 Å². The third kappa shape index (κ3) is 4.57. The number of nitrogens with zero attached hydrogens (tertiary/aromatic N) is 4. The van der Waals surface area contributed by atoms with Crippen molar-refractivity contribution in [1.82, 2.24) is 14.5 Å². The van der Waals surface area contributed by atoms with E-state index in [9.17, 15) is 0 Å². The van der Waals surface area contributed by atoms with E-state index in [4.69, 9.17) is 14.4 Å². The van der Waals surface area contributed by atoms with Gasteiger partial charge in [0.15, 0.2) is 5.58 Å². The lowest BCUT2D eigenvalue weighted by molar-refractivity contribution is 0.669. The molecule has 252 valence electrons. The van der Waals surface area contributed by atoms with Gasteiger partial charge in [0.25, 0.3) is 0 Å². The number of rotatable bonds is 5. The highest BCUT2D eigenvalue weighted by molar-refractivity contribution is 6.20. The molecule has 0 saturated heterocycles. The van der Waals surface area contributed by atoms with E-state index < -0.39 is 0 Å². The highest BCUT2D eigenvalue weighted by Crippen LogP contribution is 2.49. The molecule has 2 unspecified atom stereocenters. The number of pyridine rings is 1. The lowest BCUT2D eigenvalue weighted by Gasteiger charge is -2.29. The quantitative estimate of drug-likeness (QED) is 0.181. The molecule has 0 spiro atoms. The first-order valence-electron chi connectivity index (χ1n) is 18.4. The number of furan rings is 1. The molecule has 1 aliphatic heterocycles. The molecule has 0 N–H and O–H groups in total. The number of para-hydroxylation sites is 5. The van der Waals surface area contributed by atoms with Crippen molar-refractivity contribution in [3.63, 3.8) is 0 Å². The van der Waals surface area contributed by atoms with Crippen molar-refractivity contribution < 1.29 is 4.42 Å². The van der Waals surface area contributed by atoms with Gasteiger partial charge < -0.3 is 9.32 Å². The standard InChI is InChI=1S/C48H34N4O/c1-2-45-49-40-18-8-11-21-43(40)52(45)33-25-23-30(24-26-33)31-27-32(29-34(28-31)51-41-19-9-4-13-35(41)36-14-5-10-20-42(36)51)47-48-46(37-15-3-7-17-39(37)50-47)38-16-6-12-22-44(38)53-48/h3-29,35,41H,2H2,1H3. The molecule has 2 aliphatic rings. The number of imidazole rings is 1. The largest absolute Gasteiger partial charge is 0.454 e. The summed E-state index contributed by atoms with van der Waals surface area (Å²) in [6.07, 6.45) is 9.87. The van der Waals surface area contributed by atoms with E-state index in [1.165, 1.54) is 11.3 Å². The van der Waals surface area contributed by atoms with E-state index in [0.29, 0.717) is 0 Å². The van der Waals surface area contributed by atoms with E-state index >= 15 is 0 Å². The Morgan fingerprint density at radius 1 is 0.623 bits per heavy atom. The fraction of sp³-hybridized carbons (Fsp3) is 0.0833. The zero-order valence-electron chi connectivity index (χ0n) is 29.1. The third-order valence-corrected chi connectivity index (χ3v) is 11.1. The molecule has 9 aromatic rings. The maximum absolute atomic E-state index is 6.71. The van der Waals surface area contributed by atoms with Crippen LogP contribution in [0.5, 0.6) is 0 Å². The van der Waals surface area contributed by atoms with E-state index in [1.807, 2.05) is 6.07 Å². The second-order valence-corrected chi connectivity index (χ2v) is 14.0. The summed E-state index contributed by atoms with van der Waals surface area (Å²) >= 11 is 0. The van der Waals surface area contributed by atoms with Crippen LogP contribution in [0, 0.1) is 0 Å². The highest BCUT2D eigenvalue weighted by Gasteiger charge is 2.37. The van der Waals surface area contributed by atoms with Gasteiger partial charge in [-0.05, 0) is 77.4 Å². The SMILES string of the molecule is CCc1nc2ccccc2n1-c1ccc(-c2cc(-c3nc4ccccc4c4c3oc3ccccc34)cc(N3c4ccccc4C4C=CC=CC43)c2)cc1. The normalized spacial score (nSPS) is 16.3. The van der Waals surface area contributed by atoms with Crippen molar-refractivity contribution in [2.24, 2.45) is 0 Å². The Hall–Kier alpha value is -6.72. The van der Waals surface area contributed by atoms with E-state index in [2.05, 4.69) is 174 Å². The van der Waals surface area contributed by atoms with E-state index in [0.717, 1.165) is 89.9 Å². The zero-order valence-corrected chi connectivity index (χ0v) is 29.1. The monoisotopic (exact) mass is 682 g/mol. The first-order valence-corrected chi connectivity index (χ1v) is 18.4. The first-order chi connectivity index (χ1) is 26.2. The number of aromatic nitrogens is 3. The third-order valence-electron chi connectivity index (χ3n) is 11.1. The molecule has 3 aromatic heterocycles. The van der Waals surface area contributed by atoms with Gasteiger partial charge in [0, 0.05) is 51.1 Å². The minimum Gasteiger partial charge on any atom is -0.454 e. The molecule has 0 fully saturated rings. The van der Waals surface area contributed by atoms with Crippen molar-refractivity contribution in [3.8, 4) is 28.1 Å². The molecule has 0 radical (unpaired) electrons. The zero-order chi connectivity index (χ0) is 35.0. The summed E-state index contributed by atoms with van der Waals surface area (Å²) in [5.41, 5.74) is 13.7. The summed E-state index contributed by atoms with van der Waals surface area (Å²) in [5.74, 6) is 1.33. The topological polar surface area (TPSA) is 47.1 Å². The Morgan fingerprint density at radius 3 is 2.25 bits per heavy atom. The maximum Gasteiger partial charge on any atom is 0.162 e.